The van der Waals surface area contributed by atoms with Crippen LogP contribution in [0.3, 0.4) is 0 Å². The van der Waals surface area contributed by atoms with E-state index in [0.29, 0.717) is 28.8 Å². The SMILES string of the molecule is CCn1c(CNC(=O)c2ccccc2)nnc1SCC(=O)Nc1cc(F)ccc1C. The van der Waals surface area contributed by atoms with Crippen molar-refractivity contribution in [2.75, 3.05) is 11.1 Å². The van der Waals surface area contributed by atoms with Gasteiger partial charge in [0.25, 0.3) is 5.91 Å². The van der Waals surface area contributed by atoms with Crippen LogP contribution < -0.4 is 10.6 Å². The maximum atomic E-state index is 13.4. The molecule has 2 aromatic carbocycles. The third-order valence-electron chi connectivity index (χ3n) is 4.36. The fourth-order valence-corrected chi connectivity index (χ4v) is 3.59. The minimum atomic E-state index is -0.406. The van der Waals surface area contributed by atoms with Crippen LogP contribution in [-0.2, 0) is 17.9 Å². The molecule has 0 spiro atoms. The zero-order valence-corrected chi connectivity index (χ0v) is 17.5. The first-order chi connectivity index (χ1) is 14.5. The molecule has 0 saturated heterocycles. The molecule has 30 heavy (non-hydrogen) atoms. The minimum absolute atomic E-state index is 0.102. The van der Waals surface area contributed by atoms with E-state index >= 15 is 0 Å². The number of rotatable bonds is 8. The molecule has 0 atom stereocenters. The Morgan fingerprint density at radius 1 is 1.13 bits per heavy atom. The van der Waals surface area contributed by atoms with Crippen molar-refractivity contribution in [3.8, 4) is 0 Å². The number of aromatic nitrogens is 3. The molecule has 2 N–H and O–H groups in total. The second-order valence-corrected chi connectivity index (χ2v) is 7.43. The summed E-state index contributed by atoms with van der Waals surface area (Å²) in [6, 6.07) is 13.2. The lowest BCUT2D eigenvalue weighted by Gasteiger charge is -2.10. The highest BCUT2D eigenvalue weighted by Gasteiger charge is 2.15. The van der Waals surface area contributed by atoms with Gasteiger partial charge in [-0.3, -0.25) is 9.59 Å². The lowest BCUT2D eigenvalue weighted by molar-refractivity contribution is -0.113. The van der Waals surface area contributed by atoms with Crippen molar-refractivity contribution in [1.29, 1.82) is 0 Å². The Balaban J connectivity index is 1.58. The van der Waals surface area contributed by atoms with Gasteiger partial charge in [-0.1, -0.05) is 36.0 Å². The standard InChI is InChI=1S/C21H22FN5O2S/c1-3-27-18(12-23-20(29)15-7-5-4-6-8-15)25-26-21(27)30-13-19(28)24-17-11-16(22)10-9-14(17)2/h4-11H,3,12-13H2,1-2H3,(H,23,29)(H,24,28). The van der Waals surface area contributed by atoms with Crippen molar-refractivity contribution >= 4 is 29.3 Å². The van der Waals surface area contributed by atoms with Gasteiger partial charge in [-0.15, -0.1) is 10.2 Å². The van der Waals surface area contributed by atoms with Crippen LogP contribution in [0.5, 0.6) is 0 Å². The molecule has 7 nitrogen and oxygen atoms in total. The number of hydrogen-bond donors (Lipinski definition) is 2. The Kier molecular flexibility index (Phi) is 7.18. The first-order valence-corrected chi connectivity index (χ1v) is 10.4. The minimum Gasteiger partial charge on any atom is -0.345 e. The van der Waals surface area contributed by atoms with Gasteiger partial charge in [0.05, 0.1) is 12.3 Å². The number of carbonyl (C=O) groups excluding carboxylic acids is 2. The molecular weight excluding hydrogens is 405 g/mol. The predicted octanol–water partition coefficient (Wildman–Crippen LogP) is 3.41. The van der Waals surface area contributed by atoms with E-state index in [1.54, 1.807) is 37.3 Å². The van der Waals surface area contributed by atoms with Crippen LogP contribution in [0, 0.1) is 12.7 Å². The number of hydrogen-bond acceptors (Lipinski definition) is 5. The van der Waals surface area contributed by atoms with Gasteiger partial charge in [0.15, 0.2) is 11.0 Å². The summed E-state index contributed by atoms with van der Waals surface area (Å²) in [4.78, 5) is 24.5. The number of aryl methyl sites for hydroxylation is 1. The summed E-state index contributed by atoms with van der Waals surface area (Å²) in [7, 11) is 0. The van der Waals surface area contributed by atoms with Gasteiger partial charge in [0.2, 0.25) is 5.91 Å². The molecule has 0 fully saturated rings. The van der Waals surface area contributed by atoms with Gasteiger partial charge in [-0.25, -0.2) is 4.39 Å². The molecule has 0 aliphatic heterocycles. The Bertz CT molecular complexity index is 1040. The van der Waals surface area contributed by atoms with Crippen molar-refractivity contribution in [3.05, 3.63) is 71.3 Å². The molecule has 1 heterocycles. The van der Waals surface area contributed by atoms with Crippen LogP contribution in [0.25, 0.3) is 0 Å². The number of carbonyl (C=O) groups is 2. The molecule has 1 aromatic heterocycles. The molecule has 3 rings (SSSR count). The Morgan fingerprint density at radius 3 is 2.63 bits per heavy atom. The number of nitrogens with zero attached hydrogens (tertiary/aromatic N) is 3. The number of anilines is 1. The summed E-state index contributed by atoms with van der Waals surface area (Å²) in [5.41, 5.74) is 1.80. The Hall–Kier alpha value is -3.20. The normalized spacial score (nSPS) is 10.6. The number of thioether (sulfide) groups is 1. The van der Waals surface area contributed by atoms with Gasteiger partial charge >= 0.3 is 0 Å². The lowest BCUT2D eigenvalue weighted by atomic mass is 10.2. The van der Waals surface area contributed by atoms with Crippen LogP contribution in [0.2, 0.25) is 0 Å². The molecule has 2 amide bonds. The summed E-state index contributed by atoms with van der Waals surface area (Å²) >= 11 is 1.23. The maximum absolute atomic E-state index is 13.4. The topological polar surface area (TPSA) is 88.9 Å². The highest BCUT2D eigenvalue weighted by molar-refractivity contribution is 7.99. The number of benzene rings is 2. The third-order valence-corrected chi connectivity index (χ3v) is 5.33. The Labute approximate surface area is 178 Å². The summed E-state index contributed by atoms with van der Waals surface area (Å²) < 4.78 is 15.2. The van der Waals surface area contributed by atoms with Gasteiger partial charge in [-0.2, -0.15) is 0 Å². The average molecular weight is 428 g/mol. The van der Waals surface area contributed by atoms with E-state index in [1.807, 2.05) is 17.6 Å². The van der Waals surface area contributed by atoms with E-state index in [0.717, 1.165) is 5.56 Å². The van der Waals surface area contributed by atoms with E-state index in [2.05, 4.69) is 20.8 Å². The fourth-order valence-electron chi connectivity index (χ4n) is 2.77. The summed E-state index contributed by atoms with van der Waals surface area (Å²) in [5.74, 6) is -0.162. The van der Waals surface area contributed by atoms with E-state index in [-0.39, 0.29) is 24.1 Å². The van der Waals surface area contributed by atoms with E-state index in [4.69, 9.17) is 0 Å². The smallest absolute Gasteiger partial charge is 0.251 e. The molecule has 0 saturated carbocycles. The largest absolute Gasteiger partial charge is 0.345 e. The lowest BCUT2D eigenvalue weighted by Crippen LogP contribution is -2.24. The number of amides is 2. The molecule has 0 unspecified atom stereocenters. The third kappa shape index (κ3) is 5.44. The molecule has 0 aliphatic rings. The van der Waals surface area contributed by atoms with Crippen LogP contribution in [-0.4, -0.2) is 32.3 Å². The summed E-state index contributed by atoms with van der Waals surface area (Å²) in [6.45, 7) is 4.55. The van der Waals surface area contributed by atoms with Crippen LogP contribution in [0.4, 0.5) is 10.1 Å². The highest BCUT2D eigenvalue weighted by Crippen LogP contribution is 2.20. The second kappa shape index (κ2) is 10.0. The first-order valence-electron chi connectivity index (χ1n) is 9.42. The molecular formula is C21H22FN5O2S. The quantitative estimate of drug-likeness (QED) is 0.538. The number of halogens is 1. The number of nitrogens with one attached hydrogen (secondary N) is 2. The molecule has 156 valence electrons. The zero-order chi connectivity index (χ0) is 21.5. The van der Waals surface area contributed by atoms with Crippen molar-refractivity contribution in [1.82, 2.24) is 20.1 Å². The van der Waals surface area contributed by atoms with Gasteiger partial charge < -0.3 is 15.2 Å². The summed E-state index contributed by atoms with van der Waals surface area (Å²) in [6.07, 6.45) is 0. The molecule has 0 aliphatic carbocycles. The fraction of sp³-hybridized carbons (Fsp3) is 0.238. The summed E-state index contributed by atoms with van der Waals surface area (Å²) in [5, 5.41) is 14.4. The zero-order valence-electron chi connectivity index (χ0n) is 16.7. The van der Waals surface area contributed by atoms with Crippen molar-refractivity contribution in [2.45, 2.75) is 32.1 Å². The first kappa shape index (κ1) is 21.5. The van der Waals surface area contributed by atoms with E-state index < -0.39 is 5.82 Å². The molecule has 0 radical (unpaired) electrons. The van der Waals surface area contributed by atoms with Crippen LogP contribution in [0.1, 0.15) is 28.7 Å². The molecule has 0 bridgehead atoms. The molecule has 3 aromatic rings. The Morgan fingerprint density at radius 2 is 1.90 bits per heavy atom. The molecule has 9 heteroatoms. The van der Waals surface area contributed by atoms with Crippen molar-refractivity contribution in [3.63, 3.8) is 0 Å². The highest BCUT2D eigenvalue weighted by atomic mass is 32.2. The van der Waals surface area contributed by atoms with Crippen LogP contribution in [0.15, 0.2) is 53.7 Å². The van der Waals surface area contributed by atoms with Gasteiger partial charge in [-0.05, 0) is 43.7 Å². The average Bonchev–Trinajstić information content (AvgIpc) is 3.15. The predicted molar refractivity (Wildman–Crippen MR) is 114 cm³/mol. The second-order valence-electron chi connectivity index (χ2n) is 6.49. The van der Waals surface area contributed by atoms with E-state index in [9.17, 15) is 14.0 Å². The van der Waals surface area contributed by atoms with Crippen molar-refractivity contribution in [2.24, 2.45) is 0 Å². The van der Waals surface area contributed by atoms with Gasteiger partial charge in [0, 0.05) is 17.8 Å². The van der Waals surface area contributed by atoms with Gasteiger partial charge in [0.1, 0.15) is 5.82 Å². The van der Waals surface area contributed by atoms with E-state index in [1.165, 1.54) is 23.9 Å². The van der Waals surface area contributed by atoms with Crippen molar-refractivity contribution < 1.29 is 14.0 Å². The monoisotopic (exact) mass is 427 g/mol. The van der Waals surface area contributed by atoms with Crippen LogP contribution >= 0.6 is 11.8 Å². The maximum Gasteiger partial charge on any atom is 0.251 e.